The number of carbonyl (C=O) groups is 1. The maximum atomic E-state index is 11.9. The molecule has 0 fully saturated rings. The molecule has 1 amide bonds. The van der Waals surface area contributed by atoms with Gasteiger partial charge in [0.1, 0.15) is 0 Å². The van der Waals surface area contributed by atoms with Gasteiger partial charge in [0.25, 0.3) is 5.91 Å². The van der Waals surface area contributed by atoms with E-state index in [1.807, 2.05) is 57.2 Å². The summed E-state index contributed by atoms with van der Waals surface area (Å²) >= 11 is 5.99. The molecule has 0 unspecified atom stereocenters. The van der Waals surface area contributed by atoms with Gasteiger partial charge in [-0.15, -0.1) is 12.4 Å². The van der Waals surface area contributed by atoms with Crippen molar-refractivity contribution in [3.8, 4) is 11.5 Å². The minimum absolute atomic E-state index is 0. The number of methoxy groups -OCH3 is 1. The fourth-order valence-electron chi connectivity index (χ4n) is 2.34. The highest BCUT2D eigenvalue weighted by Gasteiger charge is 2.15. The number of ether oxygens (including phenoxy) is 2. The van der Waals surface area contributed by atoms with Crippen molar-refractivity contribution in [2.75, 3.05) is 19.0 Å². The lowest BCUT2D eigenvalue weighted by atomic mass is 10.1. The molecule has 27 heavy (non-hydrogen) atoms. The zero-order valence-electron chi connectivity index (χ0n) is 16.0. The maximum Gasteiger partial charge on any atom is 0.258 e. The number of halogens is 2. The zero-order chi connectivity index (χ0) is 19.2. The Morgan fingerprint density at radius 2 is 1.85 bits per heavy atom. The van der Waals surface area contributed by atoms with Crippen LogP contribution in [-0.4, -0.2) is 25.2 Å². The van der Waals surface area contributed by atoms with Gasteiger partial charge in [0.05, 0.1) is 7.11 Å². The van der Waals surface area contributed by atoms with Crippen molar-refractivity contribution < 1.29 is 14.3 Å². The van der Waals surface area contributed by atoms with Crippen molar-refractivity contribution in [2.45, 2.75) is 32.9 Å². The van der Waals surface area contributed by atoms with E-state index in [1.54, 1.807) is 13.2 Å². The second-order valence-electron chi connectivity index (χ2n) is 6.94. The van der Waals surface area contributed by atoms with Gasteiger partial charge in [-0.3, -0.25) is 4.79 Å². The van der Waals surface area contributed by atoms with Gasteiger partial charge in [-0.1, -0.05) is 23.7 Å². The smallest absolute Gasteiger partial charge is 0.258 e. The van der Waals surface area contributed by atoms with Crippen molar-refractivity contribution in [2.24, 2.45) is 0 Å². The third kappa shape index (κ3) is 7.97. The third-order valence-corrected chi connectivity index (χ3v) is 3.66. The molecular weight excluding hydrogens is 387 g/mol. The van der Waals surface area contributed by atoms with E-state index in [-0.39, 0.29) is 30.5 Å². The molecule has 0 radical (unpaired) electrons. The Bertz CT molecular complexity index is 761. The third-order valence-electron chi connectivity index (χ3n) is 3.42. The van der Waals surface area contributed by atoms with Gasteiger partial charge >= 0.3 is 0 Å². The Hall–Kier alpha value is -2.11. The summed E-state index contributed by atoms with van der Waals surface area (Å²) in [6.07, 6.45) is 0. The predicted octanol–water partition coefficient (Wildman–Crippen LogP) is 4.68. The largest absolute Gasteiger partial charge is 0.493 e. The Morgan fingerprint density at radius 3 is 2.48 bits per heavy atom. The van der Waals surface area contributed by atoms with Crippen molar-refractivity contribution in [3.63, 3.8) is 0 Å². The molecule has 0 heterocycles. The van der Waals surface area contributed by atoms with Crippen molar-refractivity contribution in [3.05, 3.63) is 53.1 Å². The van der Waals surface area contributed by atoms with E-state index in [2.05, 4.69) is 10.6 Å². The summed E-state index contributed by atoms with van der Waals surface area (Å²) in [4.78, 5) is 11.9. The summed E-state index contributed by atoms with van der Waals surface area (Å²) in [6.45, 7) is 6.32. The van der Waals surface area contributed by atoms with E-state index >= 15 is 0 Å². The van der Waals surface area contributed by atoms with E-state index in [0.717, 1.165) is 11.3 Å². The Labute approximate surface area is 171 Å². The van der Waals surface area contributed by atoms with E-state index in [4.69, 9.17) is 21.1 Å². The first-order valence-corrected chi connectivity index (χ1v) is 8.75. The van der Waals surface area contributed by atoms with Crippen LogP contribution >= 0.6 is 24.0 Å². The molecule has 0 aliphatic heterocycles. The molecule has 2 N–H and O–H groups in total. The number of benzene rings is 2. The molecule has 0 aromatic heterocycles. The van der Waals surface area contributed by atoms with Gasteiger partial charge in [0.2, 0.25) is 0 Å². The lowest BCUT2D eigenvalue weighted by Crippen LogP contribution is -2.43. The number of amides is 1. The Balaban J connectivity index is 0.00000364. The molecule has 0 aliphatic rings. The lowest BCUT2D eigenvalue weighted by Gasteiger charge is -2.20. The molecule has 0 bridgehead atoms. The van der Waals surface area contributed by atoms with E-state index < -0.39 is 0 Å². The molecule has 7 heteroatoms. The van der Waals surface area contributed by atoms with Gasteiger partial charge in [-0.2, -0.15) is 0 Å². The normalized spacial score (nSPS) is 10.6. The highest BCUT2D eigenvalue weighted by atomic mass is 35.5. The molecule has 2 aromatic carbocycles. The van der Waals surface area contributed by atoms with Crippen LogP contribution in [0.4, 0.5) is 5.69 Å². The molecular formula is C20H26Cl2N2O3. The van der Waals surface area contributed by atoms with Gasteiger partial charge in [-0.05, 0) is 56.7 Å². The number of hydrogen-bond donors (Lipinski definition) is 2. The fraction of sp³-hybridized carbons (Fsp3) is 0.350. The van der Waals surface area contributed by atoms with E-state index in [9.17, 15) is 4.79 Å². The molecule has 0 atom stereocenters. The number of carbonyl (C=O) groups excluding carboxylic acids is 1. The van der Waals surface area contributed by atoms with Crippen LogP contribution < -0.4 is 20.1 Å². The predicted molar refractivity (Wildman–Crippen MR) is 112 cm³/mol. The van der Waals surface area contributed by atoms with Crippen LogP contribution in [0.1, 0.15) is 26.3 Å². The fourth-order valence-corrected chi connectivity index (χ4v) is 2.53. The second-order valence-corrected chi connectivity index (χ2v) is 7.37. The van der Waals surface area contributed by atoms with Gasteiger partial charge in [0.15, 0.2) is 18.1 Å². The summed E-state index contributed by atoms with van der Waals surface area (Å²) in [7, 11) is 1.57. The molecule has 0 aliphatic carbocycles. The van der Waals surface area contributed by atoms with Crippen LogP contribution in [0.15, 0.2) is 42.5 Å². The molecule has 5 nitrogen and oxygen atoms in total. The van der Waals surface area contributed by atoms with Crippen LogP contribution in [0.3, 0.4) is 0 Å². The Kier molecular flexibility index (Phi) is 8.73. The average molecular weight is 413 g/mol. The van der Waals surface area contributed by atoms with Crippen LogP contribution in [0, 0.1) is 0 Å². The van der Waals surface area contributed by atoms with Gasteiger partial charge in [0, 0.05) is 22.8 Å². The number of rotatable bonds is 7. The molecule has 2 rings (SSSR count). The van der Waals surface area contributed by atoms with Gasteiger partial charge < -0.3 is 20.1 Å². The molecule has 0 spiro atoms. The molecule has 148 valence electrons. The van der Waals surface area contributed by atoms with Crippen LogP contribution in [0.2, 0.25) is 5.02 Å². The minimum Gasteiger partial charge on any atom is -0.493 e. The monoisotopic (exact) mass is 412 g/mol. The van der Waals surface area contributed by atoms with Crippen molar-refractivity contribution in [1.29, 1.82) is 0 Å². The number of hydrogen-bond acceptors (Lipinski definition) is 4. The SMILES string of the molecule is COc1cc(CNc2cccc(Cl)c2)ccc1OCC(=O)NC(C)(C)C.Cl. The summed E-state index contributed by atoms with van der Waals surface area (Å²) < 4.78 is 11.0. The van der Waals surface area contributed by atoms with Crippen LogP contribution in [-0.2, 0) is 11.3 Å². The quantitative estimate of drug-likeness (QED) is 0.692. The Morgan fingerprint density at radius 1 is 1.11 bits per heavy atom. The molecule has 2 aromatic rings. The zero-order valence-corrected chi connectivity index (χ0v) is 17.5. The lowest BCUT2D eigenvalue weighted by molar-refractivity contribution is -0.124. The summed E-state index contributed by atoms with van der Waals surface area (Å²) in [5.74, 6) is 0.938. The molecule has 0 saturated heterocycles. The average Bonchev–Trinajstić information content (AvgIpc) is 2.57. The summed E-state index contributed by atoms with van der Waals surface area (Å²) in [5.41, 5.74) is 1.67. The van der Waals surface area contributed by atoms with Crippen LogP contribution in [0.25, 0.3) is 0 Å². The maximum absolute atomic E-state index is 11.9. The summed E-state index contributed by atoms with van der Waals surface area (Å²) in [6, 6.07) is 13.2. The summed E-state index contributed by atoms with van der Waals surface area (Å²) in [5, 5.41) is 6.84. The highest BCUT2D eigenvalue weighted by Crippen LogP contribution is 2.28. The highest BCUT2D eigenvalue weighted by molar-refractivity contribution is 6.30. The van der Waals surface area contributed by atoms with E-state index in [1.165, 1.54) is 0 Å². The van der Waals surface area contributed by atoms with E-state index in [0.29, 0.717) is 23.1 Å². The standard InChI is InChI=1S/C20H25ClN2O3.ClH/c1-20(2,3)23-19(24)13-26-17-9-8-14(10-18(17)25-4)12-22-16-7-5-6-15(21)11-16;/h5-11,22H,12-13H2,1-4H3,(H,23,24);1H. The van der Waals surface area contributed by atoms with Gasteiger partial charge in [-0.25, -0.2) is 0 Å². The van der Waals surface area contributed by atoms with Crippen molar-refractivity contribution in [1.82, 2.24) is 5.32 Å². The number of anilines is 1. The minimum atomic E-state index is -0.291. The second kappa shape index (κ2) is 10.3. The topological polar surface area (TPSA) is 59.6 Å². The first kappa shape index (κ1) is 22.9. The molecule has 0 saturated carbocycles. The first-order chi connectivity index (χ1) is 12.3. The first-order valence-electron chi connectivity index (χ1n) is 8.37. The van der Waals surface area contributed by atoms with Crippen molar-refractivity contribution >= 4 is 35.6 Å². The number of nitrogens with one attached hydrogen (secondary N) is 2. The van der Waals surface area contributed by atoms with Crippen LogP contribution in [0.5, 0.6) is 11.5 Å².